The molecule has 6 heteroatoms. The maximum Gasteiger partial charge on any atom is 0.182 e. The molecule has 2 aromatic heterocycles. The second kappa shape index (κ2) is 5.68. The van der Waals surface area contributed by atoms with Gasteiger partial charge in [0.1, 0.15) is 18.0 Å². The second-order valence-electron chi connectivity index (χ2n) is 3.89. The van der Waals surface area contributed by atoms with Gasteiger partial charge >= 0.3 is 0 Å². The molecule has 0 aliphatic carbocycles. The van der Waals surface area contributed by atoms with Gasteiger partial charge in [-0.15, -0.1) is 0 Å². The van der Waals surface area contributed by atoms with Gasteiger partial charge in [0.05, 0.1) is 0 Å². The maximum absolute atomic E-state index is 8.54. The average Bonchev–Trinajstić information content (AvgIpc) is 2.90. The van der Waals surface area contributed by atoms with Gasteiger partial charge in [-0.1, -0.05) is 0 Å². The van der Waals surface area contributed by atoms with Crippen molar-refractivity contribution in [2.45, 2.75) is 6.42 Å². The summed E-state index contributed by atoms with van der Waals surface area (Å²) in [5.74, 6) is 1.30. The molecule has 0 bridgehead atoms. The molecule has 2 aromatic rings. The van der Waals surface area contributed by atoms with Crippen molar-refractivity contribution >= 4 is 11.6 Å². The van der Waals surface area contributed by atoms with Gasteiger partial charge < -0.3 is 9.88 Å². The van der Waals surface area contributed by atoms with Gasteiger partial charge in [-0.05, 0) is 18.1 Å². The first-order valence-corrected chi connectivity index (χ1v) is 5.59. The molecule has 0 radical (unpaired) electrons. The fourth-order valence-corrected chi connectivity index (χ4v) is 1.61. The molecule has 6 nitrogen and oxygen atoms in total. The van der Waals surface area contributed by atoms with Crippen LogP contribution in [0.1, 0.15) is 5.56 Å². The van der Waals surface area contributed by atoms with Crippen LogP contribution in [0.4, 0.5) is 11.6 Å². The first-order valence-electron chi connectivity index (χ1n) is 5.59. The van der Waals surface area contributed by atoms with E-state index < -0.39 is 0 Å². The lowest BCUT2D eigenvalue weighted by atomic mass is 10.2. The van der Waals surface area contributed by atoms with Crippen molar-refractivity contribution in [2.75, 3.05) is 23.8 Å². The smallest absolute Gasteiger partial charge is 0.182 e. The van der Waals surface area contributed by atoms with Crippen LogP contribution >= 0.6 is 0 Å². The van der Waals surface area contributed by atoms with E-state index in [0.29, 0.717) is 5.82 Å². The summed E-state index contributed by atoms with van der Waals surface area (Å²) in [6, 6.07) is 3.80. The zero-order valence-electron chi connectivity index (χ0n) is 10.1. The predicted octanol–water partition coefficient (Wildman–Crippen LogP) is 1.38. The van der Waals surface area contributed by atoms with Crippen molar-refractivity contribution in [3.05, 3.63) is 36.4 Å². The van der Waals surface area contributed by atoms with Crippen LogP contribution in [0.25, 0.3) is 0 Å². The molecule has 0 saturated heterocycles. The molecule has 0 aromatic carbocycles. The molecule has 0 aliphatic rings. The number of hydrogen-bond acceptors (Lipinski definition) is 5. The van der Waals surface area contributed by atoms with Crippen molar-refractivity contribution < 1.29 is 0 Å². The number of nitrogens with one attached hydrogen (secondary N) is 2. The summed E-state index contributed by atoms with van der Waals surface area (Å²) in [5.41, 5.74) is 1.26. The van der Waals surface area contributed by atoms with Gasteiger partial charge in [0.25, 0.3) is 0 Å². The van der Waals surface area contributed by atoms with Crippen molar-refractivity contribution in [2.24, 2.45) is 0 Å². The summed E-state index contributed by atoms with van der Waals surface area (Å²) in [6.45, 7) is 0.848. The minimum absolute atomic E-state index is 0.510. The number of rotatable bonds is 5. The third kappa shape index (κ3) is 2.98. The van der Waals surface area contributed by atoms with Crippen molar-refractivity contribution in [3.8, 4) is 6.19 Å². The zero-order chi connectivity index (χ0) is 12.8. The Kier molecular flexibility index (Phi) is 3.76. The maximum atomic E-state index is 8.54. The van der Waals surface area contributed by atoms with Crippen LogP contribution in [0, 0.1) is 11.5 Å². The van der Waals surface area contributed by atoms with Crippen molar-refractivity contribution in [1.82, 2.24) is 15.0 Å². The Hall–Kier alpha value is -2.55. The third-order valence-corrected chi connectivity index (χ3v) is 2.63. The summed E-state index contributed by atoms with van der Waals surface area (Å²) in [7, 11) is 1.96. The first-order chi connectivity index (χ1) is 8.79. The number of aromatic nitrogens is 3. The van der Waals surface area contributed by atoms with Crippen LogP contribution in [0.3, 0.4) is 0 Å². The van der Waals surface area contributed by atoms with Crippen molar-refractivity contribution in [1.29, 1.82) is 5.26 Å². The van der Waals surface area contributed by atoms with Crippen LogP contribution < -0.4 is 10.2 Å². The minimum atomic E-state index is 0.510. The quantitative estimate of drug-likeness (QED) is 0.611. The van der Waals surface area contributed by atoms with E-state index in [-0.39, 0.29) is 0 Å². The molecule has 0 saturated carbocycles. The van der Waals surface area contributed by atoms with E-state index in [2.05, 4.69) is 26.3 Å². The largest absolute Gasteiger partial charge is 0.367 e. The van der Waals surface area contributed by atoms with E-state index in [1.807, 2.05) is 30.5 Å². The molecule has 18 heavy (non-hydrogen) atoms. The molecule has 0 aliphatic heterocycles. The number of nitriles is 1. The van der Waals surface area contributed by atoms with Crippen molar-refractivity contribution in [3.63, 3.8) is 0 Å². The number of anilines is 2. The number of H-pyrrole nitrogens is 1. The third-order valence-electron chi connectivity index (χ3n) is 2.63. The standard InChI is InChI=1S/C12H14N6/c1-18(5-3-10-2-4-14-7-10)12-6-11(15-8-13)16-9-17-12/h2,4,6-7,9,14H,3,5H2,1H3,(H,15,16,17). The lowest BCUT2D eigenvalue weighted by Gasteiger charge is -2.17. The molecule has 2 rings (SSSR count). The molecule has 0 spiro atoms. The Morgan fingerprint density at radius 3 is 3.11 bits per heavy atom. The lowest BCUT2D eigenvalue weighted by molar-refractivity contribution is 0.857. The van der Waals surface area contributed by atoms with Gasteiger partial charge in [-0.3, -0.25) is 5.32 Å². The van der Waals surface area contributed by atoms with Gasteiger partial charge in [0.15, 0.2) is 6.19 Å². The van der Waals surface area contributed by atoms with E-state index in [1.54, 1.807) is 6.07 Å². The number of aromatic amines is 1. The summed E-state index contributed by atoms with van der Waals surface area (Å²) in [5, 5.41) is 11.0. The predicted molar refractivity (Wildman–Crippen MR) is 69.0 cm³/mol. The minimum Gasteiger partial charge on any atom is -0.367 e. The number of likely N-dealkylation sites (N-methyl/N-ethyl adjacent to an activating group) is 1. The fraction of sp³-hybridized carbons (Fsp3) is 0.250. The monoisotopic (exact) mass is 242 g/mol. The molecule has 0 atom stereocenters. The van der Waals surface area contributed by atoms with E-state index in [1.165, 1.54) is 11.9 Å². The normalized spacial score (nSPS) is 9.78. The Bertz CT molecular complexity index is 528. The molecule has 0 amide bonds. The van der Waals surface area contributed by atoms with E-state index >= 15 is 0 Å². The molecule has 0 fully saturated rings. The SMILES string of the molecule is CN(CCc1cc[nH]c1)c1cc(NC#N)ncn1. The van der Waals surface area contributed by atoms with Crippen LogP contribution in [0.15, 0.2) is 30.9 Å². The van der Waals surface area contributed by atoms with Gasteiger partial charge in [-0.25, -0.2) is 9.97 Å². The molecule has 2 N–H and O–H groups in total. The molecular weight excluding hydrogens is 228 g/mol. The Labute approximate surface area is 105 Å². The van der Waals surface area contributed by atoms with E-state index in [4.69, 9.17) is 5.26 Å². The van der Waals surface area contributed by atoms with E-state index in [9.17, 15) is 0 Å². The summed E-state index contributed by atoms with van der Waals surface area (Å²) < 4.78 is 0. The lowest BCUT2D eigenvalue weighted by Crippen LogP contribution is -2.21. The molecule has 92 valence electrons. The highest BCUT2D eigenvalue weighted by Crippen LogP contribution is 2.12. The van der Waals surface area contributed by atoms with Gasteiger partial charge in [-0.2, -0.15) is 5.26 Å². The Morgan fingerprint density at radius 1 is 1.50 bits per heavy atom. The highest BCUT2D eigenvalue weighted by molar-refractivity contribution is 5.49. The number of nitrogens with zero attached hydrogens (tertiary/aromatic N) is 4. The highest BCUT2D eigenvalue weighted by atomic mass is 15.2. The Morgan fingerprint density at radius 2 is 2.39 bits per heavy atom. The second-order valence-corrected chi connectivity index (χ2v) is 3.89. The topological polar surface area (TPSA) is 80.6 Å². The summed E-state index contributed by atoms with van der Waals surface area (Å²) >= 11 is 0. The Balaban J connectivity index is 1.98. The molecular formula is C12H14N6. The summed E-state index contributed by atoms with van der Waals surface area (Å²) in [4.78, 5) is 13.2. The molecule has 0 unspecified atom stereocenters. The van der Waals surface area contributed by atoms with Gasteiger partial charge in [0.2, 0.25) is 0 Å². The average molecular weight is 242 g/mol. The number of hydrogen-bond donors (Lipinski definition) is 2. The first kappa shape index (κ1) is 11.9. The van der Waals surface area contributed by atoms with Crippen LogP contribution in [0.2, 0.25) is 0 Å². The van der Waals surface area contributed by atoms with Crippen LogP contribution in [-0.4, -0.2) is 28.5 Å². The molecule has 2 heterocycles. The van der Waals surface area contributed by atoms with Crippen LogP contribution in [0.5, 0.6) is 0 Å². The van der Waals surface area contributed by atoms with E-state index in [0.717, 1.165) is 18.8 Å². The zero-order valence-corrected chi connectivity index (χ0v) is 10.1. The highest BCUT2D eigenvalue weighted by Gasteiger charge is 2.04. The van der Waals surface area contributed by atoms with Gasteiger partial charge in [0, 0.05) is 32.1 Å². The van der Waals surface area contributed by atoms with Crippen LogP contribution in [-0.2, 0) is 6.42 Å². The summed E-state index contributed by atoms with van der Waals surface area (Å²) in [6.07, 6.45) is 8.12. The fourth-order valence-electron chi connectivity index (χ4n) is 1.61.